The zero-order valence-corrected chi connectivity index (χ0v) is 6.63. The Morgan fingerprint density at radius 2 is 2.45 bits per heavy atom. The van der Waals surface area contributed by atoms with E-state index >= 15 is 0 Å². The second kappa shape index (κ2) is 5.20. The standard InChI is InChI=1S/C7H7NO2.Li/c1-10-7-4-2-3-6(5-9)8-7;/h2,4H,5H2,1H3;/q-2;+1. The van der Waals surface area contributed by atoms with Crippen LogP contribution >= 0.6 is 0 Å². The van der Waals surface area contributed by atoms with Crippen molar-refractivity contribution in [2.24, 2.45) is 0 Å². The molecule has 11 heavy (non-hydrogen) atoms. The first-order valence-corrected chi connectivity index (χ1v) is 2.86. The molecular weight excluding hydrogens is 137 g/mol. The molecule has 0 aromatic carbocycles. The van der Waals surface area contributed by atoms with Gasteiger partial charge < -0.3 is 9.84 Å². The Kier molecular flexibility index (Phi) is 4.96. The Morgan fingerprint density at radius 3 is 3.00 bits per heavy atom. The summed E-state index contributed by atoms with van der Waals surface area (Å²) in [6.45, 7) is -0.350. The number of aromatic nitrogens is 1. The summed E-state index contributed by atoms with van der Waals surface area (Å²) < 4.78 is 4.79. The first kappa shape index (κ1) is 10.5. The van der Waals surface area contributed by atoms with E-state index in [1.54, 1.807) is 12.1 Å². The Bertz CT molecular complexity index is 198. The molecule has 0 unspecified atom stereocenters. The quantitative estimate of drug-likeness (QED) is 0.323. The second-order valence-corrected chi connectivity index (χ2v) is 1.72. The topological polar surface area (TPSA) is 45.2 Å². The molecule has 4 heteroatoms. The van der Waals surface area contributed by atoms with E-state index in [0.717, 1.165) is 0 Å². The molecule has 0 aliphatic heterocycles. The van der Waals surface area contributed by atoms with Crippen LogP contribution in [-0.4, -0.2) is 12.1 Å². The molecule has 0 radical (unpaired) electrons. The number of hydrogen-bond donors (Lipinski definition) is 0. The van der Waals surface area contributed by atoms with Gasteiger partial charge in [0.15, 0.2) is 0 Å². The minimum Gasteiger partial charge on any atom is -0.851 e. The van der Waals surface area contributed by atoms with Gasteiger partial charge in [0, 0.05) is 0 Å². The summed E-state index contributed by atoms with van der Waals surface area (Å²) >= 11 is 0. The van der Waals surface area contributed by atoms with Crippen molar-refractivity contribution in [2.45, 2.75) is 6.61 Å². The molecule has 1 aromatic heterocycles. The molecule has 1 rings (SSSR count). The van der Waals surface area contributed by atoms with Crippen LogP contribution in [-0.2, 0) is 6.61 Å². The van der Waals surface area contributed by atoms with Crippen molar-refractivity contribution in [1.82, 2.24) is 4.98 Å². The normalized spacial score (nSPS) is 8.55. The molecule has 1 aromatic rings. The Morgan fingerprint density at radius 1 is 1.73 bits per heavy atom. The van der Waals surface area contributed by atoms with Crippen LogP contribution in [0, 0.1) is 6.07 Å². The van der Waals surface area contributed by atoms with Crippen LogP contribution < -0.4 is 28.7 Å². The van der Waals surface area contributed by atoms with Crippen molar-refractivity contribution < 1.29 is 28.7 Å². The number of nitrogens with zero attached hydrogens (tertiary/aromatic N) is 1. The van der Waals surface area contributed by atoms with E-state index in [1.165, 1.54) is 7.11 Å². The summed E-state index contributed by atoms with van der Waals surface area (Å²) in [4.78, 5) is 3.82. The van der Waals surface area contributed by atoms with Crippen LogP contribution in [0.25, 0.3) is 0 Å². The van der Waals surface area contributed by atoms with E-state index in [4.69, 9.17) is 4.74 Å². The van der Waals surface area contributed by atoms with Crippen molar-refractivity contribution in [3.63, 3.8) is 0 Å². The van der Waals surface area contributed by atoms with Crippen LogP contribution in [0.2, 0.25) is 0 Å². The molecule has 0 bridgehead atoms. The van der Waals surface area contributed by atoms with E-state index in [1.807, 2.05) is 0 Å². The van der Waals surface area contributed by atoms with E-state index in [0.29, 0.717) is 11.6 Å². The number of methoxy groups -OCH3 is 1. The van der Waals surface area contributed by atoms with Crippen LogP contribution in [0.3, 0.4) is 0 Å². The monoisotopic (exact) mass is 144 g/mol. The maximum atomic E-state index is 10.3. The van der Waals surface area contributed by atoms with Gasteiger partial charge >= 0.3 is 18.9 Å². The Hall–Kier alpha value is -0.493. The third-order valence-electron chi connectivity index (χ3n) is 1.07. The molecular formula is C7H7LiNO2-. The molecule has 0 aliphatic carbocycles. The maximum absolute atomic E-state index is 10.3. The molecule has 1 heterocycles. The van der Waals surface area contributed by atoms with Gasteiger partial charge in [-0.2, -0.15) is 0 Å². The van der Waals surface area contributed by atoms with Gasteiger partial charge in [-0.1, -0.05) is 5.69 Å². The van der Waals surface area contributed by atoms with Crippen LogP contribution in [0.15, 0.2) is 12.1 Å². The molecule has 0 amide bonds. The predicted octanol–water partition coefficient (Wildman–Crippen LogP) is -3.25. The Balaban J connectivity index is 0.000001000. The summed E-state index contributed by atoms with van der Waals surface area (Å²) in [7, 11) is 1.51. The molecule has 0 atom stereocenters. The molecule has 3 nitrogen and oxygen atoms in total. The molecule has 0 spiro atoms. The summed E-state index contributed by atoms with van der Waals surface area (Å²) in [6, 6.07) is 5.97. The van der Waals surface area contributed by atoms with Crippen LogP contribution in [0.4, 0.5) is 0 Å². The molecule has 0 saturated heterocycles. The maximum Gasteiger partial charge on any atom is 1.00 e. The number of ether oxygens (including phenoxy) is 1. The van der Waals surface area contributed by atoms with Gasteiger partial charge in [-0.25, -0.2) is 12.1 Å². The fourth-order valence-electron chi connectivity index (χ4n) is 0.599. The summed E-state index contributed by atoms with van der Waals surface area (Å²) in [5, 5.41) is 10.3. The zero-order chi connectivity index (χ0) is 7.40. The largest absolute Gasteiger partial charge is 1.00 e. The number of hydrogen-bond acceptors (Lipinski definition) is 3. The summed E-state index contributed by atoms with van der Waals surface area (Å²) in [5.41, 5.74) is 0.388. The van der Waals surface area contributed by atoms with Crippen LogP contribution in [0.1, 0.15) is 5.69 Å². The molecule has 0 saturated carbocycles. The smallest absolute Gasteiger partial charge is 0.851 e. The van der Waals surface area contributed by atoms with Crippen molar-refractivity contribution in [2.75, 3.05) is 7.11 Å². The predicted molar refractivity (Wildman–Crippen MR) is 33.3 cm³/mol. The number of rotatable bonds is 2. The van der Waals surface area contributed by atoms with E-state index in [2.05, 4.69) is 11.1 Å². The van der Waals surface area contributed by atoms with Gasteiger partial charge in [0.25, 0.3) is 0 Å². The van der Waals surface area contributed by atoms with Gasteiger partial charge in [0.05, 0.1) is 7.11 Å². The molecule has 0 fully saturated rings. The van der Waals surface area contributed by atoms with Crippen molar-refractivity contribution >= 4 is 0 Å². The SMILES string of the molecule is COc1cc[c-]c(C[O-])n1.[Li+]. The second-order valence-electron chi connectivity index (χ2n) is 1.72. The van der Waals surface area contributed by atoms with E-state index in [-0.39, 0.29) is 25.5 Å². The zero-order valence-electron chi connectivity index (χ0n) is 6.63. The average molecular weight is 144 g/mol. The number of pyridine rings is 1. The minimum atomic E-state index is -0.350. The molecule has 0 aliphatic rings. The third-order valence-corrected chi connectivity index (χ3v) is 1.07. The first-order chi connectivity index (χ1) is 4.86. The molecule has 54 valence electrons. The van der Waals surface area contributed by atoms with Crippen molar-refractivity contribution in [1.29, 1.82) is 0 Å². The fourth-order valence-corrected chi connectivity index (χ4v) is 0.599. The molecule has 0 N–H and O–H groups in total. The average Bonchev–Trinajstić information content (AvgIpc) is 2.05. The van der Waals surface area contributed by atoms with Gasteiger partial charge in [-0.05, 0) is 0 Å². The van der Waals surface area contributed by atoms with E-state index in [9.17, 15) is 5.11 Å². The summed E-state index contributed by atoms with van der Waals surface area (Å²) in [6.07, 6.45) is 0. The summed E-state index contributed by atoms with van der Waals surface area (Å²) in [5.74, 6) is 0.463. The van der Waals surface area contributed by atoms with Gasteiger partial charge in [-0.3, -0.25) is 4.98 Å². The van der Waals surface area contributed by atoms with Crippen molar-refractivity contribution in [3.8, 4) is 5.88 Å². The van der Waals surface area contributed by atoms with Crippen LogP contribution in [0.5, 0.6) is 5.88 Å². The van der Waals surface area contributed by atoms with Gasteiger partial charge in [0.1, 0.15) is 5.88 Å². The fraction of sp³-hybridized carbons (Fsp3) is 0.286. The first-order valence-electron chi connectivity index (χ1n) is 2.86. The van der Waals surface area contributed by atoms with E-state index < -0.39 is 0 Å². The third kappa shape index (κ3) is 2.94. The Labute approximate surface area is 77.6 Å². The minimum absolute atomic E-state index is 0. The van der Waals surface area contributed by atoms with Crippen molar-refractivity contribution in [3.05, 3.63) is 23.9 Å². The van der Waals surface area contributed by atoms with Gasteiger partial charge in [0.2, 0.25) is 0 Å². The van der Waals surface area contributed by atoms with Gasteiger partial charge in [-0.15, -0.1) is 12.7 Å².